The highest BCUT2D eigenvalue weighted by Gasteiger charge is 2.51. The molecule has 2 unspecified atom stereocenters. The molecule has 2 aliphatic heterocycles. The number of ether oxygens (including phenoxy) is 3. The van der Waals surface area contributed by atoms with E-state index in [0.717, 1.165) is 28.9 Å². The van der Waals surface area contributed by atoms with E-state index in [1.54, 1.807) is 22.1 Å². The van der Waals surface area contributed by atoms with Crippen LogP contribution in [0.15, 0.2) is 30.0 Å². The molecule has 0 spiro atoms. The van der Waals surface area contributed by atoms with Gasteiger partial charge in [0.15, 0.2) is 8.32 Å². The van der Waals surface area contributed by atoms with Crippen LogP contribution in [0.5, 0.6) is 5.19 Å². The lowest BCUT2D eigenvalue weighted by atomic mass is 9.83. The van der Waals surface area contributed by atoms with Gasteiger partial charge in [-0.25, -0.2) is 14.6 Å². The van der Waals surface area contributed by atoms with Gasteiger partial charge in [-0.2, -0.15) is 0 Å². The molecule has 1 aliphatic carbocycles. The van der Waals surface area contributed by atoms with Crippen LogP contribution in [0.25, 0.3) is 5.57 Å². The van der Waals surface area contributed by atoms with Crippen LogP contribution in [0.4, 0.5) is 9.59 Å². The number of aromatic nitrogens is 1. The van der Waals surface area contributed by atoms with Crippen molar-refractivity contribution in [1.29, 1.82) is 0 Å². The van der Waals surface area contributed by atoms with Gasteiger partial charge in [0.25, 0.3) is 11.1 Å². The van der Waals surface area contributed by atoms with Gasteiger partial charge in [0.05, 0.1) is 33.6 Å². The van der Waals surface area contributed by atoms with E-state index in [-0.39, 0.29) is 43.0 Å². The molecule has 11 nitrogen and oxygen atoms in total. The molecule has 2 bridgehead atoms. The Kier molecular flexibility index (Phi) is 12.5. The summed E-state index contributed by atoms with van der Waals surface area (Å²) in [5.74, 6) is -0.245. The van der Waals surface area contributed by atoms with E-state index in [1.807, 2.05) is 58.6 Å². The molecular formula is C39H56Cl2N4O7SSi. The van der Waals surface area contributed by atoms with Crippen molar-refractivity contribution in [3.63, 3.8) is 0 Å². The molecule has 2 atom stereocenters. The number of amides is 3. The number of hydrogen-bond donors (Lipinski definition) is 0. The average molecular weight is 824 g/mol. The molecule has 3 amide bonds. The predicted octanol–water partition coefficient (Wildman–Crippen LogP) is 9.42. The van der Waals surface area contributed by atoms with Crippen molar-refractivity contribution in [2.45, 2.75) is 136 Å². The van der Waals surface area contributed by atoms with Crippen molar-refractivity contribution in [2.75, 3.05) is 26.3 Å². The van der Waals surface area contributed by atoms with Gasteiger partial charge < -0.3 is 28.4 Å². The minimum atomic E-state index is -1.95. The van der Waals surface area contributed by atoms with Crippen LogP contribution >= 0.6 is 34.5 Å². The third-order valence-corrected chi connectivity index (χ3v) is 16.5. The zero-order valence-corrected chi connectivity index (χ0v) is 36.8. The van der Waals surface area contributed by atoms with Crippen molar-refractivity contribution < 1.29 is 33.0 Å². The fourth-order valence-corrected chi connectivity index (χ4v) is 8.61. The van der Waals surface area contributed by atoms with Gasteiger partial charge in [-0.15, -0.1) is 0 Å². The van der Waals surface area contributed by atoms with Crippen LogP contribution < -0.4 is 4.74 Å². The van der Waals surface area contributed by atoms with E-state index in [0.29, 0.717) is 34.0 Å². The van der Waals surface area contributed by atoms with Gasteiger partial charge >= 0.3 is 12.2 Å². The van der Waals surface area contributed by atoms with E-state index in [1.165, 1.54) is 11.3 Å². The molecule has 54 heavy (non-hydrogen) atoms. The van der Waals surface area contributed by atoms with E-state index in [4.69, 9.17) is 41.8 Å². The maximum absolute atomic E-state index is 15.2. The molecule has 0 radical (unpaired) electrons. The van der Waals surface area contributed by atoms with Crippen LogP contribution in [0.3, 0.4) is 0 Å². The topological polar surface area (TPSA) is 111 Å². The quantitative estimate of drug-likeness (QED) is 0.172. The normalized spacial score (nSPS) is 19.5. The number of piperazine rings is 1. The molecule has 3 aliphatic rings. The Morgan fingerprint density at radius 1 is 0.944 bits per heavy atom. The lowest BCUT2D eigenvalue weighted by Crippen LogP contribution is -2.66. The van der Waals surface area contributed by atoms with Crippen molar-refractivity contribution in [2.24, 2.45) is 0 Å². The van der Waals surface area contributed by atoms with Crippen LogP contribution in [-0.2, 0) is 25.2 Å². The molecule has 5 rings (SSSR count). The summed E-state index contributed by atoms with van der Waals surface area (Å²) in [6.45, 7) is 23.1. The predicted molar refractivity (Wildman–Crippen MR) is 216 cm³/mol. The molecule has 2 aromatic rings. The monoisotopic (exact) mass is 822 g/mol. The first kappa shape index (κ1) is 42.3. The number of hydrogen-bond acceptors (Lipinski definition) is 9. The Morgan fingerprint density at radius 3 is 2.20 bits per heavy atom. The first-order valence-electron chi connectivity index (χ1n) is 18.6. The summed E-state index contributed by atoms with van der Waals surface area (Å²) in [5, 5.41) is 1.33. The van der Waals surface area contributed by atoms with Gasteiger partial charge in [-0.05, 0) is 96.1 Å². The van der Waals surface area contributed by atoms with Crippen molar-refractivity contribution in [1.82, 2.24) is 19.7 Å². The molecule has 3 heterocycles. The van der Waals surface area contributed by atoms with Crippen molar-refractivity contribution >= 4 is 66.5 Å². The van der Waals surface area contributed by atoms with Crippen LogP contribution in [-0.4, -0.2) is 102 Å². The number of thiazole rings is 1. The first-order chi connectivity index (χ1) is 25.0. The number of fused-ring (bicyclic) bond motifs is 2. The fourth-order valence-electron chi connectivity index (χ4n) is 6.35. The minimum Gasteiger partial charge on any atom is -0.468 e. The number of rotatable bonds is 10. The largest absolute Gasteiger partial charge is 0.468 e. The third kappa shape index (κ3) is 10.1. The van der Waals surface area contributed by atoms with Crippen molar-refractivity contribution in [3.05, 3.63) is 50.5 Å². The average Bonchev–Trinajstić information content (AvgIpc) is 3.77. The molecule has 0 N–H and O–H groups in total. The minimum absolute atomic E-state index is 0.0270. The Morgan fingerprint density at radius 2 is 1.59 bits per heavy atom. The van der Waals surface area contributed by atoms with Gasteiger partial charge in [0, 0.05) is 37.4 Å². The molecule has 298 valence electrons. The van der Waals surface area contributed by atoms with Crippen molar-refractivity contribution in [3.8, 4) is 5.19 Å². The third-order valence-electron chi connectivity index (χ3n) is 10.1. The van der Waals surface area contributed by atoms with Gasteiger partial charge in [-0.1, -0.05) is 67.4 Å². The molecular weight excluding hydrogens is 768 g/mol. The number of nitrogens with zero attached hydrogens (tertiary/aromatic N) is 4. The standard InChI is InChI=1S/C39H56Cl2N4O7SSi/c1-37(2,3)51-35(47)43-22-26-19-27(30-20-42-34(53-30)49-17-18-50-54(10,11)39(7,8)9)31(29(23-43)45(26)36(48)52-38(4,5)6)33(46)44(25-15-16-25)21-24-13-12-14-28(40)32(24)41/h12-14,20,25-26,29H,15-19,21-23H2,1-11H3. The van der Waals surface area contributed by atoms with E-state index in [2.05, 4.69) is 38.8 Å². The smallest absolute Gasteiger partial charge is 0.411 e. The summed E-state index contributed by atoms with van der Waals surface area (Å²) < 4.78 is 24.1. The highest BCUT2D eigenvalue weighted by molar-refractivity contribution is 7.14. The molecule has 1 saturated heterocycles. The summed E-state index contributed by atoms with van der Waals surface area (Å²) in [4.78, 5) is 53.3. The number of carbonyl (C=O) groups is 3. The van der Waals surface area contributed by atoms with E-state index >= 15 is 4.79 Å². The van der Waals surface area contributed by atoms with E-state index in [9.17, 15) is 9.59 Å². The second kappa shape index (κ2) is 16.0. The van der Waals surface area contributed by atoms with Crippen LogP contribution in [0.2, 0.25) is 28.2 Å². The van der Waals surface area contributed by atoms with Gasteiger partial charge in [-0.3, -0.25) is 9.69 Å². The SMILES string of the molecule is CC(C)(C)OC(=O)N1CC2CC(c3cnc(OCCO[Si](C)(C)C(C)(C)C)s3)=C(C(=O)N(Cc3cccc(Cl)c3Cl)C3CC3)C(C1)N2C(=O)OC(C)(C)C. The van der Waals surface area contributed by atoms with Crippen LogP contribution in [0, 0.1) is 0 Å². The zero-order valence-electron chi connectivity index (χ0n) is 33.5. The summed E-state index contributed by atoms with van der Waals surface area (Å²) in [6, 6.07) is 4.04. The Bertz CT molecular complexity index is 1760. The zero-order chi connectivity index (χ0) is 40.0. The van der Waals surface area contributed by atoms with Gasteiger partial charge in [0.1, 0.15) is 17.8 Å². The maximum atomic E-state index is 15.2. The summed E-state index contributed by atoms with van der Waals surface area (Å²) in [7, 11) is -1.95. The summed E-state index contributed by atoms with van der Waals surface area (Å²) in [5.41, 5.74) is 0.378. The fraction of sp³-hybridized carbons (Fsp3) is 0.641. The number of benzene rings is 1. The molecule has 2 fully saturated rings. The Labute approximate surface area is 335 Å². The summed E-state index contributed by atoms with van der Waals surface area (Å²) >= 11 is 14.4. The molecule has 15 heteroatoms. The highest BCUT2D eigenvalue weighted by atomic mass is 35.5. The first-order valence-corrected chi connectivity index (χ1v) is 23.1. The Hall–Kier alpha value is -2.84. The van der Waals surface area contributed by atoms with Gasteiger partial charge in [0.2, 0.25) is 0 Å². The summed E-state index contributed by atoms with van der Waals surface area (Å²) in [6.07, 6.45) is 2.62. The number of carbonyl (C=O) groups excluding carboxylic acids is 3. The Balaban J connectivity index is 1.56. The second-order valence-corrected chi connectivity index (χ2v) is 24.5. The second-order valence-electron chi connectivity index (χ2n) is 17.9. The molecule has 1 saturated carbocycles. The maximum Gasteiger partial charge on any atom is 0.411 e. The van der Waals surface area contributed by atoms with Crippen LogP contribution in [0.1, 0.15) is 92.0 Å². The lowest BCUT2D eigenvalue weighted by molar-refractivity contribution is -0.129. The molecule has 1 aromatic carbocycles. The lowest BCUT2D eigenvalue weighted by Gasteiger charge is -2.51. The molecule has 1 aromatic heterocycles. The highest BCUT2D eigenvalue weighted by Crippen LogP contribution is 2.44. The number of halogens is 2. The van der Waals surface area contributed by atoms with E-state index < -0.39 is 43.8 Å².